The highest BCUT2D eigenvalue weighted by molar-refractivity contribution is 5.96. The molecule has 0 bridgehead atoms. The van der Waals surface area contributed by atoms with E-state index in [2.05, 4.69) is 10.1 Å². The molecule has 0 aromatic carbocycles. The van der Waals surface area contributed by atoms with Crippen molar-refractivity contribution in [1.82, 2.24) is 19.7 Å². The number of likely N-dealkylation sites (tertiary alicyclic amines) is 1. The normalized spacial score (nSPS) is 23.2. The number of aryl methyl sites for hydroxylation is 1. The Kier molecular flexibility index (Phi) is 3.67. The van der Waals surface area contributed by atoms with Crippen molar-refractivity contribution in [3.63, 3.8) is 0 Å². The number of primary amides is 1. The quantitative estimate of drug-likeness (QED) is 0.876. The maximum absolute atomic E-state index is 13.0. The third-order valence-corrected chi connectivity index (χ3v) is 5.64. The number of carbonyl (C=O) groups excluding carboxylic acids is 2. The lowest BCUT2D eigenvalue weighted by Crippen LogP contribution is -2.32. The molecular weight excluding hydrogens is 318 g/mol. The molecular formula is C18H23N5O2. The van der Waals surface area contributed by atoms with Crippen LogP contribution in [0.15, 0.2) is 18.5 Å². The lowest BCUT2D eigenvalue weighted by atomic mass is 9.89. The number of hydrogen-bond donors (Lipinski definition) is 2. The first-order chi connectivity index (χ1) is 12.0. The van der Waals surface area contributed by atoms with Crippen LogP contribution in [0.5, 0.6) is 0 Å². The summed E-state index contributed by atoms with van der Waals surface area (Å²) < 4.78 is 1.79. The van der Waals surface area contributed by atoms with Crippen molar-refractivity contribution >= 4 is 11.8 Å². The molecule has 1 saturated carbocycles. The second-order valence-electron chi connectivity index (χ2n) is 7.21. The largest absolute Gasteiger partial charge is 0.369 e. The molecule has 2 aromatic heterocycles. The average molecular weight is 341 g/mol. The van der Waals surface area contributed by atoms with Gasteiger partial charge in [-0.25, -0.2) is 0 Å². The van der Waals surface area contributed by atoms with Gasteiger partial charge in [0, 0.05) is 43.6 Å². The van der Waals surface area contributed by atoms with Crippen molar-refractivity contribution in [1.29, 1.82) is 0 Å². The first kappa shape index (κ1) is 15.9. The van der Waals surface area contributed by atoms with Gasteiger partial charge in [0.05, 0.1) is 17.7 Å². The zero-order valence-electron chi connectivity index (χ0n) is 14.5. The van der Waals surface area contributed by atoms with E-state index in [4.69, 9.17) is 5.73 Å². The Hall–Kier alpha value is -2.57. The Morgan fingerprint density at radius 1 is 1.32 bits per heavy atom. The van der Waals surface area contributed by atoms with Gasteiger partial charge in [0.15, 0.2) is 0 Å². The summed E-state index contributed by atoms with van der Waals surface area (Å²) in [5.41, 5.74) is 9.41. The molecule has 7 nitrogen and oxygen atoms in total. The van der Waals surface area contributed by atoms with E-state index in [9.17, 15) is 9.59 Å². The minimum Gasteiger partial charge on any atom is -0.369 e. The molecule has 0 unspecified atom stereocenters. The van der Waals surface area contributed by atoms with E-state index < -0.39 is 0 Å². The number of H-pyrrole nitrogens is 1. The van der Waals surface area contributed by atoms with Gasteiger partial charge < -0.3 is 15.6 Å². The fourth-order valence-corrected chi connectivity index (χ4v) is 3.90. The molecule has 3 heterocycles. The fourth-order valence-electron chi connectivity index (χ4n) is 3.90. The summed E-state index contributed by atoms with van der Waals surface area (Å²) in [4.78, 5) is 30.0. The van der Waals surface area contributed by atoms with Gasteiger partial charge >= 0.3 is 0 Å². The Morgan fingerprint density at radius 3 is 2.68 bits per heavy atom. The molecule has 0 radical (unpaired) electrons. The number of carbonyl (C=O) groups is 2. The number of nitrogens with two attached hydrogens (primary N) is 1. The van der Waals surface area contributed by atoms with Crippen LogP contribution < -0.4 is 5.73 Å². The molecule has 1 aliphatic heterocycles. The van der Waals surface area contributed by atoms with Crippen LogP contribution in [0.25, 0.3) is 0 Å². The molecule has 7 heteroatoms. The van der Waals surface area contributed by atoms with Crippen LogP contribution in [0.4, 0.5) is 0 Å². The average Bonchev–Trinajstić information content (AvgIpc) is 3.02. The molecule has 2 fully saturated rings. The number of aromatic nitrogens is 3. The fraction of sp³-hybridized carbons (Fsp3) is 0.500. The summed E-state index contributed by atoms with van der Waals surface area (Å²) in [5, 5.41) is 4.28. The lowest BCUT2D eigenvalue weighted by Gasteiger charge is -2.17. The highest BCUT2D eigenvalue weighted by atomic mass is 16.2. The monoisotopic (exact) mass is 341 g/mol. The van der Waals surface area contributed by atoms with Gasteiger partial charge in [0.25, 0.3) is 5.91 Å². The van der Waals surface area contributed by atoms with Gasteiger partial charge in [-0.3, -0.25) is 14.3 Å². The second-order valence-corrected chi connectivity index (χ2v) is 7.21. The molecule has 2 aromatic rings. The van der Waals surface area contributed by atoms with Crippen molar-refractivity contribution < 1.29 is 9.59 Å². The van der Waals surface area contributed by atoms with Crippen molar-refractivity contribution in [2.24, 2.45) is 18.7 Å². The minimum atomic E-state index is -0.379. The van der Waals surface area contributed by atoms with E-state index in [1.165, 1.54) is 0 Å². The summed E-state index contributed by atoms with van der Waals surface area (Å²) in [5.74, 6) is -0.382. The van der Waals surface area contributed by atoms with E-state index in [0.29, 0.717) is 19.0 Å². The number of aromatic amines is 1. The summed E-state index contributed by atoms with van der Waals surface area (Å²) in [6.07, 6.45) is 5.87. The highest BCUT2D eigenvalue weighted by Gasteiger charge is 2.42. The smallest absolute Gasteiger partial charge is 0.255 e. The van der Waals surface area contributed by atoms with Crippen LogP contribution in [0.2, 0.25) is 0 Å². The Bertz CT molecular complexity index is 832. The molecule has 132 valence electrons. The lowest BCUT2D eigenvalue weighted by molar-refractivity contribution is -0.121. The van der Waals surface area contributed by atoms with Crippen LogP contribution >= 0.6 is 0 Å². The van der Waals surface area contributed by atoms with Crippen LogP contribution in [0.1, 0.15) is 52.0 Å². The van der Waals surface area contributed by atoms with Crippen LogP contribution in [0.3, 0.4) is 0 Å². The molecule has 4 rings (SSSR count). The van der Waals surface area contributed by atoms with Gasteiger partial charge in [-0.15, -0.1) is 0 Å². The first-order valence-electron chi connectivity index (χ1n) is 8.71. The maximum Gasteiger partial charge on any atom is 0.255 e. The first-order valence-corrected chi connectivity index (χ1v) is 8.71. The van der Waals surface area contributed by atoms with E-state index in [1.54, 1.807) is 15.8 Å². The van der Waals surface area contributed by atoms with Crippen molar-refractivity contribution in [2.75, 3.05) is 13.1 Å². The number of nitrogens with one attached hydrogen (secondary N) is 1. The molecule has 2 amide bonds. The maximum atomic E-state index is 13.0. The van der Waals surface area contributed by atoms with E-state index in [-0.39, 0.29) is 23.7 Å². The van der Waals surface area contributed by atoms with Gasteiger partial charge in [0.2, 0.25) is 5.91 Å². The Morgan fingerprint density at radius 2 is 2.08 bits per heavy atom. The summed E-state index contributed by atoms with van der Waals surface area (Å²) >= 11 is 0. The van der Waals surface area contributed by atoms with E-state index in [1.807, 2.05) is 26.2 Å². The zero-order chi connectivity index (χ0) is 17.7. The minimum absolute atomic E-state index is 0.0153. The second kappa shape index (κ2) is 5.75. The topological polar surface area (TPSA) is 97.0 Å². The number of hydrogen-bond acceptors (Lipinski definition) is 3. The van der Waals surface area contributed by atoms with Crippen LogP contribution in [-0.4, -0.2) is 44.6 Å². The Labute approximate surface area is 146 Å². The van der Waals surface area contributed by atoms with E-state index >= 15 is 0 Å². The molecule has 1 aliphatic carbocycles. The number of nitrogens with zero attached hydrogens (tertiary/aromatic N) is 3. The molecule has 3 N–H and O–H groups in total. The van der Waals surface area contributed by atoms with Crippen molar-refractivity contribution in [3.05, 3.63) is 41.0 Å². The molecule has 2 aliphatic rings. The summed E-state index contributed by atoms with van der Waals surface area (Å²) in [7, 11) is 1.87. The standard InChI is InChI=1S/C18H23N5O2/c1-10-13(7-21-22(10)2)14-8-23(9-15(14)17(19)24)18(25)12-5-6-20-16(12)11-3-4-11/h5-7,11,14-15,20H,3-4,8-9H2,1-2H3,(H2,19,24)/t14-,15+/m1/s1. The molecule has 0 spiro atoms. The predicted molar refractivity (Wildman–Crippen MR) is 92.0 cm³/mol. The Balaban J connectivity index is 1.61. The zero-order valence-corrected chi connectivity index (χ0v) is 14.5. The molecule has 2 atom stereocenters. The SMILES string of the molecule is Cc1c([C@H]2CN(C(=O)c3cc[nH]c3C3CC3)C[C@@H]2C(N)=O)cnn1C. The van der Waals surface area contributed by atoms with E-state index in [0.717, 1.165) is 35.4 Å². The summed E-state index contributed by atoms with van der Waals surface area (Å²) in [6.45, 7) is 2.83. The van der Waals surface area contributed by atoms with Gasteiger partial charge in [0.1, 0.15) is 0 Å². The third-order valence-electron chi connectivity index (χ3n) is 5.64. The third kappa shape index (κ3) is 2.63. The van der Waals surface area contributed by atoms with Crippen molar-refractivity contribution in [3.8, 4) is 0 Å². The number of rotatable bonds is 4. The highest BCUT2D eigenvalue weighted by Crippen LogP contribution is 2.42. The van der Waals surface area contributed by atoms with Gasteiger partial charge in [-0.05, 0) is 37.3 Å². The number of amides is 2. The van der Waals surface area contributed by atoms with Gasteiger partial charge in [-0.2, -0.15) is 5.10 Å². The molecule has 1 saturated heterocycles. The van der Waals surface area contributed by atoms with Crippen molar-refractivity contribution in [2.45, 2.75) is 31.6 Å². The predicted octanol–water partition coefficient (Wildman–Crippen LogP) is 1.28. The molecule has 25 heavy (non-hydrogen) atoms. The van der Waals surface area contributed by atoms with Crippen LogP contribution in [-0.2, 0) is 11.8 Å². The van der Waals surface area contributed by atoms with Gasteiger partial charge in [-0.1, -0.05) is 0 Å². The van der Waals surface area contributed by atoms with Crippen LogP contribution in [0, 0.1) is 12.8 Å². The summed E-state index contributed by atoms with van der Waals surface area (Å²) in [6, 6.07) is 1.85.